The molecule has 1 aromatic heterocycles. The average molecular weight is 427 g/mol. The summed E-state index contributed by atoms with van der Waals surface area (Å²) in [7, 11) is 0. The number of hydrogen-bond donors (Lipinski definition) is 2. The van der Waals surface area contributed by atoms with Gasteiger partial charge in [-0.1, -0.05) is 17.7 Å². The highest BCUT2D eigenvalue weighted by Gasteiger charge is 2.26. The number of nitrogens with zero attached hydrogens (tertiary/aromatic N) is 2. The van der Waals surface area contributed by atoms with Crippen molar-refractivity contribution in [3.63, 3.8) is 0 Å². The van der Waals surface area contributed by atoms with Gasteiger partial charge in [0.15, 0.2) is 17.2 Å². The van der Waals surface area contributed by atoms with E-state index in [0.29, 0.717) is 28.6 Å². The molecule has 1 amide bonds. The number of aryl methyl sites for hydroxylation is 1. The standard InChI is InChI=1S/C22H22N4O3.ClH/c1-13-6-8-14(9-7-13)26-18-5-3-2-4-15(18)21(25-26)22(27)24-17-11-20-19(10-16(17)23)28-12-29-20;/h6-11H,2-5,12,23H2,1H3,(H,24,27);1H. The van der Waals surface area contributed by atoms with Gasteiger partial charge in [-0.05, 0) is 44.7 Å². The number of anilines is 2. The van der Waals surface area contributed by atoms with Crippen molar-refractivity contribution in [3.05, 3.63) is 58.9 Å². The summed E-state index contributed by atoms with van der Waals surface area (Å²) in [4.78, 5) is 13.1. The number of nitrogens with two attached hydrogens (primary N) is 1. The fourth-order valence-corrected chi connectivity index (χ4v) is 3.93. The van der Waals surface area contributed by atoms with Gasteiger partial charge < -0.3 is 20.5 Å². The van der Waals surface area contributed by atoms with Crippen molar-refractivity contribution in [3.8, 4) is 17.2 Å². The van der Waals surface area contributed by atoms with Crippen molar-refractivity contribution in [2.45, 2.75) is 32.6 Å². The summed E-state index contributed by atoms with van der Waals surface area (Å²) in [6.07, 6.45) is 3.91. The van der Waals surface area contributed by atoms with Crippen LogP contribution in [0, 0.1) is 6.92 Å². The van der Waals surface area contributed by atoms with E-state index in [-0.39, 0.29) is 25.1 Å². The minimum absolute atomic E-state index is 0. The van der Waals surface area contributed by atoms with Crippen molar-refractivity contribution in [1.82, 2.24) is 9.78 Å². The molecule has 156 valence electrons. The van der Waals surface area contributed by atoms with Gasteiger partial charge in [-0.3, -0.25) is 4.79 Å². The zero-order valence-electron chi connectivity index (χ0n) is 16.6. The Morgan fingerprint density at radius 3 is 2.57 bits per heavy atom. The number of nitrogen functional groups attached to an aromatic ring is 1. The summed E-state index contributed by atoms with van der Waals surface area (Å²) in [6.45, 7) is 2.21. The third kappa shape index (κ3) is 3.45. The second kappa shape index (κ2) is 7.91. The minimum Gasteiger partial charge on any atom is -0.454 e. The largest absolute Gasteiger partial charge is 0.454 e. The Kier molecular flexibility index (Phi) is 5.30. The Labute approximate surface area is 180 Å². The lowest BCUT2D eigenvalue weighted by Gasteiger charge is -2.14. The first-order chi connectivity index (χ1) is 14.1. The monoisotopic (exact) mass is 426 g/mol. The number of benzene rings is 2. The Balaban J connectivity index is 0.00000218. The number of carbonyl (C=O) groups is 1. The van der Waals surface area contributed by atoms with E-state index in [9.17, 15) is 4.79 Å². The quantitative estimate of drug-likeness (QED) is 0.616. The van der Waals surface area contributed by atoms with Crippen molar-refractivity contribution in [2.75, 3.05) is 17.8 Å². The molecule has 30 heavy (non-hydrogen) atoms. The lowest BCUT2D eigenvalue weighted by Crippen LogP contribution is -2.16. The summed E-state index contributed by atoms with van der Waals surface area (Å²) in [5.74, 6) is 0.891. The van der Waals surface area contributed by atoms with Crippen LogP contribution in [-0.4, -0.2) is 22.5 Å². The minimum atomic E-state index is -0.264. The van der Waals surface area contributed by atoms with Crippen LogP contribution in [0.4, 0.5) is 11.4 Å². The van der Waals surface area contributed by atoms with Crippen molar-refractivity contribution in [1.29, 1.82) is 0 Å². The van der Waals surface area contributed by atoms with Gasteiger partial charge in [-0.25, -0.2) is 4.68 Å². The Bertz CT molecular complexity index is 1110. The van der Waals surface area contributed by atoms with E-state index in [4.69, 9.17) is 20.3 Å². The van der Waals surface area contributed by atoms with Crippen LogP contribution in [0.25, 0.3) is 5.69 Å². The molecule has 0 saturated heterocycles. The predicted molar refractivity (Wildman–Crippen MR) is 117 cm³/mol. The van der Waals surface area contributed by atoms with Crippen LogP contribution in [0.2, 0.25) is 0 Å². The van der Waals surface area contributed by atoms with Crippen LogP contribution >= 0.6 is 12.4 Å². The molecular weight excluding hydrogens is 404 g/mol. The van der Waals surface area contributed by atoms with Crippen LogP contribution in [-0.2, 0) is 12.8 Å². The molecule has 1 aliphatic heterocycles. The van der Waals surface area contributed by atoms with Crippen molar-refractivity contribution < 1.29 is 14.3 Å². The third-order valence-electron chi connectivity index (χ3n) is 5.47. The van der Waals surface area contributed by atoms with E-state index in [1.807, 2.05) is 16.8 Å². The highest BCUT2D eigenvalue weighted by Crippen LogP contribution is 2.38. The molecule has 3 N–H and O–H groups in total. The van der Waals surface area contributed by atoms with Crippen molar-refractivity contribution >= 4 is 29.7 Å². The van der Waals surface area contributed by atoms with Gasteiger partial charge in [0.2, 0.25) is 6.79 Å². The van der Waals surface area contributed by atoms with Gasteiger partial charge in [-0.15, -0.1) is 12.4 Å². The number of nitrogens with one attached hydrogen (secondary N) is 1. The van der Waals surface area contributed by atoms with Crippen LogP contribution in [0.5, 0.6) is 11.5 Å². The fraction of sp³-hybridized carbons (Fsp3) is 0.273. The molecule has 3 aromatic rings. The van der Waals surface area contributed by atoms with Gasteiger partial charge in [-0.2, -0.15) is 5.10 Å². The molecule has 1 aliphatic carbocycles. The second-order valence-corrected chi connectivity index (χ2v) is 7.48. The maximum atomic E-state index is 13.1. The molecule has 0 radical (unpaired) electrons. The van der Waals surface area contributed by atoms with Gasteiger partial charge in [0.05, 0.1) is 17.1 Å². The fourth-order valence-electron chi connectivity index (χ4n) is 3.93. The van der Waals surface area contributed by atoms with Crippen LogP contribution < -0.4 is 20.5 Å². The van der Waals surface area contributed by atoms with E-state index in [2.05, 4.69) is 24.4 Å². The van der Waals surface area contributed by atoms with Crippen LogP contribution in [0.3, 0.4) is 0 Å². The van der Waals surface area contributed by atoms with Gasteiger partial charge >= 0.3 is 0 Å². The number of aromatic nitrogens is 2. The molecule has 2 aromatic carbocycles. The first-order valence-electron chi connectivity index (χ1n) is 9.78. The number of amides is 1. The van der Waals surface area contributed by atoms with Gasteiger partial charge in [0.1, 0.15) is 0 Å². The SMILES string of the molecule is Cc1ccc(-n2nc(C(=O)Nc3cc4c(cc3N)OCO4)c3c2CCCC3)cc1.Cl. The number of fused-ring (bicyclic) bond motifs is 2. The Morgan fingerprint density at radius 1 is 1.10 bits per heavy atom. The van der Waals surface area contributed by atoms with Gasteiger partial charge in [0, 0.05) is 23.4 Å². The highest BCUT2D eigenvalue weighted by molar-refractivity contribution is 6.06. The number of ether oxygens (including phenoxy) is 2. The summed E-state index contributed by atoms with van der Waals surface area (Å²) in [5, 5.41) is 7.60. The Morgan fingerprint density at radius 2 is 1.80 bits per heavy atom. The second-order valence-electron chi connectivity index (χ2n) is 7.48. The maximum Gasteiger partial charge on any atom is 0.276 e. The molecule has 0 atom stereocenters. The smallest absolute Gasteiger partial charge is 0.276 e. The van der Waals surface area contributed by atoms with E-state index in [1.165, 1.54) is 5.56 Å². The van der Waals surface area contributed by atoms with Crippen LogP contribution in [0.15, 0.2) is 36.4 Å². The molecular formula is C22H23ClN4O3. The molecule has 0 unspecified atom stereocenters. The molecule has 8 heteroatoms. The Hall–Kier alpha value is -3.19. The summed E-state index contributed by atoms with van der Waals surface area (Å²) >= 11 is 0. The zero-order valence-corrected chi connectivity index (χ0v) is 17.4. The summed E-state index contributed by atoms with van der Waals surface area (Å²) in [6, 6.07) is 11.5. The molecule has 2 heterocycles. The average Bonchev–Trinajstić information content (AvgIpc) is 3.33. The topological polar surface area (TPSA) is 91.4 Å². The summed E-state index contributed by atoms with van der Waals surface area (Å²) in [5.41, 5.74) is 11.8. The van der Waals surface area contributed by atoms with Crippen LogP contribution in [0.1, 0.15) is 40.2 Å². The third-order valence-corrected chi connectivity index (χ3v) is 5.47. The molecule has 2 aliphatic rings. The zero-order chi connectivity index (χ0) is 20.0. The summed E-state index contributed by atoms with van der Waals surface area (Å²) < 4.78 is 12.6. The predicted octanol–water partition coefficient (Wildman–Crippen LogP) is 4.04. The lowest BCUT2D eigenvalue weighted by atomic mass is 9.95. The van der Waals surface area contributed by atoms with E-state index in [0.717, 1.165) is 42.6 Å². The molecule has 7 nitrogen and oxygen atoms in total. The van der Waals surface area contributed by atoms with Crippen molar-refractivity contribution in [2.24, 2.45) is 0 Å². The van der Waals surface area contributed by atoms with E-state index in [1.54, 1.807) is 12.1 Å². The first kappa shape index (κ1) is 20.1. The normalized spacial score (nSPS) is 14.0. The number of rotatable bonds is 3. The highest BCUT2D eigenvalue weighted by atomic mass is 35.5. The maximum absolute atomic E-state index is 13.1. The first-order valence-corrected chi connectivity index (χ1v) is 9.78. The van der Waals surface area contributed by atoms with Gasteiger partial charge in [0.25, 0.3) is 5.91 Å². The molecule has 0 spiro atoms. The van der Waals surface area contributed by atoms with E-state index >= 15 is 0 Å². The number of hydrogen-bond acceptors (Lipinski definition) is 5. The van der Waals surface area contributed by atoms with E-state index < -0.39 is 0 Å². The lowest BCUT2D eigenvalue weighted by molar-refractivity contribution is 0.102. The molecule has 5 rings (SSSR count). The number of halogens is 1. The molecule has 0 fully saturated rings. The number of carbonyl (C=O) groups excluding carboxylic acids is 1. The molecule has 0 bridgehead atoms. The molecule has 0 saturated carbocycles.